The summed E-state index contributed by atoms with van der Waals surface area (Å²) in [7, 11) is -6.09. The van der Waals surface area contributed by atoms with Gasteiger partial charge in [-0.1, -0.05) is 130 Å². The van der Waals surface area contributed by atoms with Gasteiger partial charge in [-0.05, 0) is 51.4 Å². The van der Waals surface area contributed by atoms with Crippen LogP contribution in [0.25, 0.3) is 0 Å². The highest BCUT2D eigenvalue weighted by molar-refractivity contribution is 7.86. The Morgan fingerprint density at radius 2 is 0.610 bits per heavy atom. The maximum absolute atomic E-state index is 10.7. The first-order chi connectivity index (χ1) is 19.5. The van der Waals surface area contributed by atoms with E-state index in [4.69, 9.17) is 13.0 Å². The molecule has 41 heavy (non-hydrogen) atoms. The highest BCUT2D eigenvalue weighted by Gasteiger charge is 2.37. The molecule has 250 valence electrons. The van der Waals surface area contributed by atoms with E-state index in [2.05, 4.69) is 27.7 Å². The minimum absolute atomic E-state index is 1.37. The number of hydrogen-bond donors (Lipinski definition) is 0. The third-order valence-corrected chi connectivity index (χ3v) is 8.79. The Hall–Kier alpha value is -0.340. The molecule has 0 saturated carbocycles. The van der Waals surface area contributed by atoms with E-state index in [1.54, 1.807) is 0 Å². The molecule has 0 rings (SSSR count). The normalized spacial score (nSPS) is 12.4. The van der Waals surface area contributed by atoms with Crippen LogP contribution in [0.3, 0.4) is 0 Å². The topological polar surface area (TPSA) is 57.2 Å². The molecule has 0 bridgehead atoms. The van der Waals surface area contributed by atoms with E-state index >= 15 is 0 Å². The minimum Gasteiger partial charge on any atom is -0.741 e. The van der Waals surface area contributed by atoms with Gasteiger partial charge in [0.2, 0.25) is 0 Å². The molecule has 0 N–H and O–H groups in total. The molecular formula is C33H68F3NO3S. The van der Waals surface area contributed by atoms with Gasteiger partial charge in [0.15, 0.2) is 10.1 Å². The van der Waals surface area contributed by atoms with E-state index < -0.39 is 15.6 Å². The Kier molecular flexibility index (Phi) is 29.7. The van der Waals surface area contributed by atoms with Crippen LogP contribution in [-0.2, 0) is 10.1 Å². The van der Waals surface area contributed by atoms with Crippen LogP contribution in [-0.4, -0.2) is 49.1 Å². The SMILES string of the molecule is CCCCCCCC[N+](CCCCCCCC)(CCCCCCCC)CCCCCCCC.O=S(=O)([O-])C(F)(F)F. The summed E-state index contributed by atoms with van der Waals surface area (Å²) < 4.78 is 60.4. The van der Waals surface area contributed by atoms with Gasteiger partial charge in [0, 0.05) is 0 Å². The van der Waals surface area contributed by atoms with Crippen LogP contribution in [0, 0.1) is 0 Å². The molecule has 0 saturated heterocycles. The fourth-order valence-corrected chi connectivity index (χ4v) is 5.58. The van der Waals surface area contributed by atoms with Crippen molar-refractivity contribution >= 4 is 10.1 Å². The fourth-order valence-electron chi connectivity index (χ4n) is 5.58. The van der Waals surface area contributed by atoms with Crippen molar-refractivity contribution in [2.75, 3.05) is 26.2 Å². The second kappa shape index (κ2) is 28.4. The maximum atomic E-state index is 10.7. The molecule has 0 aliphatic heterocycles. The van der Waals surface area contributed by atoms with Gasteiger partial charge in [-0.15, -0.1) is 0 Å². The lowest BCUT2D eigenvalue weighted by Gasteiger charge is -2.40. The first kappa shape index (κ1) is 42.8. The van der Waals surface area contributed by atoms with Crippen molar-refractivity contribution in [2.45, 2.75) is 187 Å². The number of hydrogen-bond acceptors (Lipinski definition) is 3. The quantitative estimate of drug-likeness (QED) is 0.0381. The molecule has 0 aromatic carbocycles. The first-order valence-corrected chi connectivity index (χ1v) is 18.8. The largest absolute Gasteiger partial charge is 0.741 e. The van der Waals surface area contributed by atoms with Crippen molar-refractivity contribution < 1.29 is 30.6 Å². The predicted molar refractivity (Wildman–Crippen MR) is 169 cm³/mol. The van der Waals surface area contributed by atoms with Crippen molar-refractivity contribution in [3.05, 3.63) is 0 Å². The molecule has 0 atom stereocenters. The van der Waals surface area contributed by atoms with E-state index in [-0.39, 0.29) is 0 Å². The molecular weight excluding hydrogens is 547 g/mol. The molecule has 0 unspecified atom stereocenters. The minimum atomic E-state index is -6.09. The van der Waals surface area contributed by atoms with E-state index in [1.807, 2.05) is 0 Å². The molecule has 0 fully saturated rings. The summed E-state index contributed by atoms with van der Waals surface area (Å²) >= 11 is 0. The van der Waals surface area contributed by atoms with Crippen LogP contribution >= 0.6 is 0 Å². The summed E-state index contributed by atoms with van der Waals surface area (Å²) in [4.78, 5) is 0. The van der Waals surface area contributed by atoms with Gasteiger partial charge in [-0.2, -0.15) is 13.2 Å². The number of quaternary nitrogens is 1. The molecule has 0 aromatic rings. The molecule has 4 nitrogen and oxygen atoms in total. The predicted octanol–water partition coefficient (Wildman–Crippen LogP) is 11.3. The highest BCUT2D eigenvalue weighted by atomic mass is 32.2. The van der Waals surface area contributed by atoms with Crippen molar-refractivity contribution in [2.24, 2.45) is 0 Å². The smallest absolute Gasteiger partial charge is 0.485 e. The van der Waals surface area contributed by atoms with Gasteiger partial charge in [0.25, 0.3) is 0 Å². The van der Waals surface area contributed by atoms with Crippen molar-refractivity contribution in [1.82, 2.24) is 0 Å². The summed E-state index contributed by atoms with van der Waals surface area (Å²) in [5, 5.41) is 0. The van der Waals surface area contributed by atoms with Gasteiger partial charge < -0.3 is 9.04 Å². The number of nitrogens with zero attached hydrogens (tertiary/aromatic N) is 1. The van der Waals surface area contributed by atoms with Crippen LogP contribution in [0.2, 0.25) is 0 Å². The zero-order chi connectivity index (χ0) is 31.3. The average molecular weight is 616 g/mol. The summed E-state index contributed by atoms with van der Waals surface area (Å²) in [6.45, 7) is 15.3. The van der Waals surface area contributed by atoms with Crippen LogP contribution < -0.4 is 0 Å². The van der Waals surface area contributed by atoms with Crippen molar-refractivity contribution in [3.8, 4) is 0 Å². The molecule has 8 heteroatoms. The highest BCUT2D eigenvalue weighted by Crippen LogP contribution is 2.21. The molecule has 0 amide bonds. The van der Waals surface area contributed by atoms with Crippen LogP contribution in [0.15, 0.2) is 0 Å². The number of unbranched alkanes of at least 4 members (excludes halogenated alkanes) is 20. The Labute approximate surface area is 254 Å². The third kappa shape index (κ3) is 28.2. The van der Waals surface area contributed by atoms with Gasteiger partial charge in [-0.3, -0.25) is 0 Å². The Balaban J connectivity index is 0. The van der Waals surface area contributed by atoms with E-state index in [1.165, 1.54) is 185 Å². The number of alkyl halides is 3. The summed E-state index contributed by atoms with van der Waals surface area (Å²) in [5.41, 5.74) is -5.65. The maximum Gasteiger partial charge on any atom is 0.485 e. The molecule has 0 aliphatic rings. The number of rotatable bonds is 28. The van der Waals surface area contributed by atoms with E-state index in [9.17, 15) is 13.2 Å². The van der Waals surface area contributed by atoms with Crippen LogP contribution in [0.1, 0.15) is 182 Å². The zero-order valence-corrected chi connectivity index (χ0v) is 28.3. The van der Waals surface area contributed by atoms with E-state index in [0.717, 1.165) is 0 Å². The fraction of sp³-hybridized carbons (Fsp3) is 1.00. The summed E-state index contributed by atoms with van der Waals surface area (Å²) in [6, 6.07) is 0. The van der Waals surface area contributed by atoms with Gasteiger partial charge in [0.05, 0.1) is 26.2 Å². The van der Waals surface area contributed by atoms with Gasteiger partial charge in [-0.25, -0.2) is 8.42 Å². The van der Waals surface area contributed by atoms with Crippen LogP contribution in [0.4, 0.5) is 13.2 Å². The Morgan fingerprint density at radius 1 is 0.439 bits per heavy atom. The molecule has 0 aliphatic carbocycles. The Bertz CT molecular complexity index is 573. The average Bonchev–Trinajstić information content (AvgIpc) is 2.91. The molecule has 0 aromatic heterocycles. The second-order valence-electron chi connectivity index (χ2n) is 12.2. The summed E-state index contributed by atoms with van der Waals surface area (Å²) in [5.74, 6) is 0. The second-order valence-corrected chi connectivity index (χ2v) is 13.6. The van der Waals surface area contributed by atoms with Crippen molar-refractivity contribution in [1.29, 1.82) is 0 Å². The number of halogens is 3. The molecule has 0 radical (unpaired) electrons. The molecule has 0 heterocycles. The Morgan fingerprint density at radius 3 is 0.780 bits per heavy atom. The monoisotopic (exact) mass is 615 g/mol. The zero-order valence-electron chi connectivity index (χ0n) is 27.5. The first-order valence-electron chi connectivity index (χ1n) is 17.4. The van der Waals surface area contributed by atoms with Crippen LogP contribution in [0.5, 0.6) is 0 Å². The third-order valence-electron chi connectivity index (χ3n) is 8.23. The lowest BCUT2D eigenvalue weighted by Crippen LogP contribution is -2.50. The lowest BCUT2D eigenvalue weighted by atomic mass is 10.0. The van der Waals surface area contributed by atoms with E-state index in [0.29, 0.717) is 0 Å². The molecule has 0 spiro atoms. The van der Waals surface area contributed by atoms with Gasteiger partial charge >= 0.3 is 5.51 Å². The standard InChI is InChI=1S/C32H68N.CHF3O3S/c1-5-9-13-17-21-25-29-33(30-26-22-18-14-10-6-2,31-27-23-19-15-11-7-3)32-28-24-20-16-12-8-4;2-1(3,4)8(5,6)7/h5-32H2,1-4H3;(H,5,6,7)/q+1;/p-1. The lowest BCUT2D eigenvalue weighted by molar-refractivity contribution is -0.929. The van der Waals surface area contributed by atoms with Crippen molar-refractivity contribution in [3.63, 3.8) is 0 Å². The summed E-state index contributed by atoms with van der Waals surface area (Å²) in [6.07, 6.45) is 34.8. The van der Waals surface area contributed by atoms with Gasteiger partial charge in [0.1, 0.15) is 0 Å².